The lowest BCUT2D eigenvalue weighted by Crippen LogP contribution is -2.29. The predicted octanol–water partition coefficient (Wildman–Crippen LogP) is 2.34. The molecule has 0 aliphatic carbocycles. The van der Waals surface area contributed by atoms with E-state index >= 15 is 0 Å². The van der Waals surface area contributed by atoms with Gasteiger partial charge in [-0.25, -0.2) is 0 Å². The van der Waals surface area contributed by atoms with Crippen LogP contribution in [0.4, 0.5) is 5.69 Å². The molecule has 100 valence electrons. The summed E-state index contributed by atoms with van der Waals surface area (Å²) in [5.74, 6) is 0. The van der Waals surface area contributed by atoms with Crippen LogP contribution in [0, 0.1) is 0 Å². The van der Waals surface area contributed by atoms with Gasteiger partial charge in [0.05, 0.1) is 6.61 Å². The first kappa shape index (κ1) is 14.7. The molecule has 18 heavy (non-hydrogen) atoms. The molecule has 0 aliphatic heterocycles. The fourth-order valence-corrected chi connectivity index (χ4v) is 2.24. The highest BCUT2D eigenvalue weighted by atomic mass is 16.3. The summed E-state index contributed by atoms with van der Waals surface area (Å²) in [6.45, 7) is 7.48. The van der Waals surface area contributed by atoms with Crippen molar-refractivity contribution < 1.29 is 5.11 Å². The largest absolute Gasteiger partial charge is 0.395 e. The van der Waals surface area contributed by atoms with Crippen LogP contribution >= 0.6 is 0 Å². The second kappa shape index (κ2) is 7.90. The van der Waals surface area contributed by atoms with Crippen molar-refractivity contribution >= 4 is 5.69 Å². The minimum atomic E-state index is 0.151. The Morgan fingerprint density at radius 1 is 1.44 bits per heavy atom. The van der Waals surface area contributed by atoms with Crippen LogP contribution < -0.4 is 10.2 Å². The van der Waals surface area contributed by atoms with Gasteiger partial charge in [0, 0.05) is 24.8 Å². The quantitative estimate of drug-likeness (QED) is 0.693. The predicted molar refractivity (Wildman–Crippen MR) is 78.0 cm³/mol. The number of nitrogens with one attached hydrogen (secondary N) is 1. The van der Waals surface area contributed by atoms with Crippen molar-refractivity contribution in [1.29, 1.82) is 0 Å². The van der Waals surface area contributed by atoms with E-state index in [1.165, 1.54) is 11.3 Å². The van der Waals surface area contributed by atoms with Gasteiger partial charge in [-0.1, -0.05) is 31.2 Å². The summed E-state index contributed by atoms with van der Waals surface area (Å²) in [5.41, 5.74) is 2.45. The second-order valence-corrected chi connectivity index (χ2v) is 4.27. The molecule has 0 amide bonds. The van der Waals surface area contributed by atoms with Gasteiger partial charge in [0.2, 0.25) is 0 Å². The molecule has 0 saturated heterocycles. The maximum Gasteiger partial charge on any atom is 0.0606 e. The number of para-hydroxylation sites is 1. The SMILES string of the molecule is C=CCN(CCO)c1ccccc1C(CC)NC. The molecule has 1 unspecified atom stereocenters. The molecule has 0 saturated carbocycles. The minimum absolute atomic E-state index is 0.151. The Morgan fingerprint density at radius 3 is 2.72 bits per heavy atom. The molecule has 3 nitrogen and oxygen atoms in total. The lowest BCUT2D eigenvalue weighted by molar-refractivity contribution is 0.303. The molecule has 3 heteroatoms. The zero-order valence-electron chi connectivity index (χ0n) is 11.4. The molecule has 0 aliphatic rings. The van der Waals surface area contributed by atoms with Crippen molar-refractivity contribution in [2.75, 3.05) is 31.6 Å². The first-order valence-electron chi connectivity index (χ1n) is 6.51. The summed E-state index contributed by atoms with van der Waals surface area (Å²) in [6, 6.07) is 8.69. The highest BCUT2D eigenvalue weighted by Crippen LogP contribution is 2.27. The second-order valence-electron chi connectivity index (χ2n) is 4.27. The molecule has 1 rings (SSSR count). The number of anilines is 1. The molecule has 0 fully saturated rings. The first-order valence-corrected chi connectivity index (χ1v) is 6.51. The summed E-state index contributed by atoms with van der Waals surface area (Å²) >= 11 is 0. The summed E-state index contributed by atoms with van der Waals surface area (Å²) in [7, 11) is 1.98. The Morgan fingerprint density at radius 2 is 2.17 bits per heavy atom. The van der Waals surface area contributed by atoms with Gasteiger partial charge >= 0.3 is 0 Å². The van der Waals surface area contributed by atoms with Crippen LogP contribution in [-0.4, -0.2) is 31.9 Å². The topological polar surface area (TPSA) is 35.5 Å². The third-order valence-corrected chi connectivity index (χ3v) is 3.13. The fourth-order valence-electron chi connectivity index (χ4n) is 2.24. The lowest BCUT2D eigenvalue weighted by atomic mass is 10.0. The number of rotatable bonds is 8. The molecule has 1 aromatic carbocycles. The fraction of sp³-hybridized carbons (Fsp3) is 0.467. The highest BCUT2D eigenvalue weighted by Gasteiger charge is 2.15. The van der Waals surface area contributed by atoms with E-state index in [1.54, 1.807) is 0 Å². The van der Waals surface area contributed by atoms with E-state index in [9.17, 15) is 5.11 Å². The van der Waals surface area contributed by atoms with Crippen LogP contribution in [0.25, 0.3) is 0 Å². The van der Waals surface area contributed by atoms with E-state index in [4.69, 9.17) is 0 Å². The molecule has 1 atom stereocenters. The zero-order chi connectivity index (χ0) is 13.4. The number of aliphatic hydroxyl groups is 1. The average molecular weight is 248 g/mol. The van der Waals surface area contributed by atoms with Crippen molar-refractivity contribution in [2.24, 2.45) is 0 Å². The van der Waals surface area contributed by atoms with Gasteiger partial charge in [0.15, 0.2) is 0 Å². The van der Waals surface area contributed by atoms with Gasteiger partial charge in [-0.05, 0) is 25.1 Å². The Labute approximate surface area is 110 Å². The van der Waals surface area contributed by atoms with Crippen molar-refractivity contribution in [3.63, 3.8) is 0 Å². The standard InChI is InChI=1S/C15H24N2O/c1-4-10-17(11-12-18)15-9-7-6-8-13(15)14(5-2)16-3/h4,6-9,14,16,18H,1,5,10-12H2,2-3H3. The number of nitrogens with zero attached hydrogens (tertiary/aromatic N) is 1. The molecule has 0 spiro atoms. The zero-order valence-corrected chi connectivity index (χ0v) is 11.4. The molecule has 0 aromatic heterocycles. The van der Waals surface area contributed by atoms with Crippen LogP contribution in [0.3, 0.4) is 0 Å². The van der Waals surface area contributed by atoms with E-state index < -0.39 is 0 Å². The summed E-state index contributed by atoms with van der Waals surface area (Å²) in [4.78, 5) is 2.16. The van der Waals surface area contributed by atoms with Crippen LogP contribution in [0.2, 0.25) is 0 Å². The molecular formula is C15H24N2O. The maximum atomic E-state index is 9.18. The van der Waals surface area contributed by atoms with Gasteiger partial charge in [-0.2, -0.15) is 0 Å². The Hall–Kier alpha value is -1.32. The number of hydrogen-bond acceptors (Lipinski definition) is 3. The van der Waals surface area contributed by atoms with Crippen LogP contribution in [0.5, 0.6) is 0 Å². The summed E-state index contributed by atoms with van der Waals surface area (Å²) in [6.07, 6.45) is 2.90. The lowest BCUT2D eigenvalue weighted by Gasteiger charge is -2.28. The summed E-state index contributed by atoms with van der Waals surface area (Å²) in [5, 5.41) is 12.5. The minimum Gasteiger partial charge on any atom is -0.395 e. The molecule has 1 aromatic rings. The molecular weight excluding hydrogens is 224 g/mol. The Balaban J connectivity index is 3.07. The van der Waals surface area contributed by atoms with Crippen LogP contribution in [-0.2, 0) is 0 Å². The van der Waals surface area contributed by atoms with Crippen molar-refractivity contribution in [3.05, 3.63) is 42.5 Å². The molecule has 0 radical (unpaired) electrons. The van der Waals surface area contributed by atoms with E-state index in [2.05, 4.69) is 41.9 Å². The van der Waals surface area contributed by atoms with Crippen molar-refractivity contribution in [2.45, 2.75) is 19.4 Å². The van der Waals surface area contributed by atoms with Crippen LogP contribution in [0.1, 0.15) is 24.9 Å². The van der Waals surface area contributed by atoms with Gasteiger partial charge in [0.25, 0.3) is 0 Å². The monoisotopic (exact) mass is 248 g/mol. The van der Waals surface area contributed by atoms with E-state index in [0.29, 0.717) is 12.6 Å². The van der Waals surface area contributed by atoms with Crippen molar-refractivity contribution in [1.82, 2.24) is 5.32 Å². The van der Waals surface area contributed by atoms with E-state index in [1.807, 2.05) is 19.2 Å². The average Bonchev–Trinajstić information content (AvgIpc) is 2.41. The van der Waals surface area contributed by atoms with Crippen molar-refractivity contribution in [3.8, 4) is 0 Å². The smallest absolute Gasteiger partial charge is 0.0606 e. The molecule has 0 bridgehead atoms. The normalized spacial score (nSPS) is 12.2. The Kier molecular flexibility index (Phi) is 6.47. The van der Waals surface area contributed by atoms with Gasteiger partial charge in [-0.3, -0.25) is 0 Å². The third-order valence-electron chi connectivity index (χ3n) is 3.13. The highest BCUT2D eigenvalue weighted by molar-refractivity contribution is 5.55. The molecule has 0 heterocycles. The van der Waals surface area contributed by atoms with Gasteiger partial charge in [0.1, 0.15) is 0 Å². The van der Waals surface area contributed by atoms with E-state index in [-0.39, 0.29) is 6.61 Å². The third kappa shape index (κ3) is 3.59. The number of benzene rings is 1. The molecule has 2 N–H and O–H groups in total. The van der Waals surface area contributed by atoms with Crippen LogP contribution in [0.15, 0.2) is 36.9 Å². The summed E-state index contributed by atoms with van der Waals surface area (Å²) < 4.78 is 0. The van der Waals surface area contributed by atoms with Gasteiger partial charge < -0.3 is 15.3 Å². The Bertz CT molecular complexity index is 361. The van der Waals surface area contributed by atoms with Gasteiger partial charge in [-0.15, -0.1) is 6.58 Å². The first-order chi connectivity index (χ1) is 8.78. The van der Waals surface area contributed by atoms with E-state index in [0.717, 1.165) is 13.0 Å². The number of hydrogen-bond donors (Lipinski definition) is 2. The number of aliphatic hydroxyl groups excluding tert-OH is 1. The maximum absolute atomic E-state index is 9.18.